The molecule has 156 valence electrons. The van der Waals surface area contributed by atoms with Crippen LogP contribution in [0, 0.1) is 0 Å². The number of ether oxygens (including phenoxy) is 1. The maximum absolute atomic E-state index is 13.4. The summed E-state index contributed by atoms with van der Waals surface area (Å²) in [5.74, 6) is -1.08. The van der Waals surface area contributed by atoms with Gasteiger partial charge in [0.1, 0.15) is 5.75 Å². The molecule has 0 unspecified atom stereocenters. The number of hydrogen-bond donors (Lipinski definition) is 2. The molecule has 0 atom stereocenters. The van der Waals surface area contributed by atoms with Crippen molar-refractivity contribution in [2.24, 2.45) is 0 Å². The molecule has 0 saturated heterocycles. The SMILES string of the molecule is CCCCCOc1ccc(N(S)C(=O)NC(=O)c2cccnc2)cc1C(F)(F)F. The molecule has 3 amide bonds. The van der Waals surface area contributed by atoms with Crippen LogP contribution in [0.15, 0.2) is 42.7 Å². The van der Waals surface area contributed by atoms with E-state index in [2.05, 4.69) is 17.8 Å². The smallest absolute Gasteiger partial charge is 0.420 e. The van der Waals surface area contributed by atoms with Crippen LogP contribution in [0.4, 0.5) is 23.7 Å². The van der Waals surface area contributed by atoms with Gasteiger partial charge in [0.15, 0.2) is 0 Å². The van der Waals surface area contributed by atoms with E-state index < -0.39 is 23.7 Å². The minimum absolute atomic E-state index is 0.120. The predicted octanol–water partition coefficient (Wildman–Crippen LogP) is 4.87. The molecule has 0 aliphatic carbocycles. The van der Waals surface area contributed by atoms with Crippen molar-refractivity contribution in [1.29, 1.82) is 0 Å². The number of carbonyl (C=O) groups is 2. The molecule has 1 aromatic heterocycles. The average Bonchev–Trinajstić information content (AvgIpc) is 2.70. The fourth-order valence-electron chi connectivity index (χ4n) is 2.37. The third kappa shape index (κ3) is 6.38. The normalized spacial score (nSPS) is 11.1. The van der Waals surface area contributed by atoms with Gasteiger partial charge in [0.25, 0.3) is 5.91 Å². The van der Waals surface area contributed by atoms with Gasteiger partial charge in [-0.05, 0) is 36.8 Å². The van der Waals surface area contributed by atoms with Gasteiger partial charge in [-0.1, -0.05) is 32.6 Å². The third-order valence-electron chi connectivity index (χ3n) is 3.86. The summed E-state index contributed by atoms with van der Waals surface area (Å²) in [5.41, 5.74) is -1.08. The highest BCUT2D eigenvalue weighted by Crippen LogP contribution is 2.39. The lowest BCUT2D eigenvalue weighted by Gasteiger charge is -2.20. The number of carbonyl (C=O) groups excluding carboxylic acids is 2. The third-order valence-corrected chi connectivity index (χ3v) is 4.27. The Labute approximate surface area is 171 Å². The lowest BCUT2D eigenvalue weighted by molar-refractivity contribution is -0.138. The lowest BCUT2D eigenvalue weighted by Crippen LogP contribution is -2.38. The van der Waals surface area contributed by atoms with Gasteiger partial charge in [-0.25, -0.2) is 9.10 Å². The largest absolute Gasteiger partial charge is 0.493 e. The van der Waals surface area contributed by atoms with Crippen LogP contribution < -0.4 is 14.4 Å². The number of nitrogens with one attached hydrogen (secondary N) is 1. The summed E-state index contributed by atoms with van der Waals surface area (Å²) in [6, 6.07) is 5.06. The van der Waals surface area contributed by atoms with Crippen molar-refractivity contribution < 1.29 is 27.5 Å². The number of benzene rings is 1. The van der Waals surface area contributed by atoms with Crippen LogP contribution in [-0.4, -0.2) is 23.5 Å². The first-order valence-corrected chi connectivity index (χ1v) is 9.22. The second-order valence-corrected chi connectivity index (χ2v) is 6.45. The summed E-state index contributed by atoms with van der Waals surface area (Å²) >= 11 is 3.92. The number of urea groups is 1. The molecule has 0 aliphatic heterocycles. The van der Waals surface area contributed by atoms with Gasteiger partial charge in [-0.15, -0.1) is 0 Å². The molecule has 0 saturated carbocycles. The number of nitrogens with zero attached hydrogens (tertiary/aromatic N) is 2. The molecule has 6 nitrogen and oxygen atoms in total. The van der Waals surface area contributed by atoms with E-state index in [0.717, 1.165) is 25.0 Å². The van der Waals surface area contributed by atoms with E-state index in [9.17, 15) is 22.8 Å². The molecule has 2 rings (SSSR count). The van der Waals surface area contributed by atoms with E-state index in [1.807, 2.05) is 12.2 Å². The van der Waals surface area contributed by atoms with Crippen LogP contribution in [0.1, 0.15) is 42.1 Å². The molecular formula is C19H20F3N3O3S. The van der Waals surface area contributed by atoms with Gasteiger partial charge < -0.3 is 4.74 Å². The van der Waals surface area contributed by atoms with Crippen LogP contribution >= 0.6 is 12.8 Å². The van der Waals surface area contributed by atoms with E-state index in [1.165, 1.54) is 30.6 Å². The Kier molecular flexibility index (Phi) is 7.89. The molecule has 0 spiro atoms. The first kappa shape index (κ1) is 22.5. The van der Waals surface area contributed by atoms with Gasteiger partial charge in [0.2, 0.25) is 0 Å². The summed E-state index contributed by atoms with van der Waals surface area (Å²) in [7, 11) is 0. The lowest BCUT2D eigenvalue weighted by atomic mass is 10.1. The Morgan fingerprint density at radius 3 is 2.62 bits per heavy atom. The number of thiol groups is 1. The van der Waals surface area contributed by atoms with Crippen molar-refractivity contribution in [3.63, 3.8) is 0 Å². The molecule has 1 heterocycles. The molecule has 10 heteroatoms. The number of imide groups is 1. The highest BCUT2D eigenvalue weighted by molar-refractivity contribution is 7.82. The van der Waals surface area contributed by atoms with Crippen molar-refractivity contribution in [2.45, 2.75) is 32.4 Å². The Bertz CT molecular complexity index is 848. The topological polar surface area (TPSA) is 71.5 Å². The van der Waals surface area contributed by atoms with E-state index in [0.29, 0.717) is 10.7 Å². The molecule has 0 aliphatic rings. The molecule has 1 aromatic carbocycles. The summed E-state index contributed by atoms with van der Waals surface area (Å²) in [6.07, 6.45) is 0.399. The van der Waals surface area contributed by atoms with Gasteiger partial charge >= 0.3 is 12.2 Å². The summed E-state index contributed by atoms with van der Waals surface area (Å²) in [5, 5.41) is 2.03. The Balaban J connectivity index is 2.15. The van der Waals surface area contributed by atoms with Gasteiger partial charge in [0, 0.05) is 12.4 Å². The van der Waals surface area contributed by atoms with Crippen molar-refractivity contribution in [3.05, 3.63) is 53.9 Å². The second-order valence-electron chi connectivity index (χ2n) is 6.05. The van der Waals surface area contributed by atoms with Crippen molar-refractivity contribution in [1.82, 2.24) is 10.3 Å². The molecule has 29 heavy (non-hydrogen) atoms. The monoisotopic (exact) mass is 427 g/mol. The van der Waals surface area contributed by atoms with Crippen molar-refractivity contribution in [2.75, 3.05) is 10.9 Å². The summed E-state index contributed by atoms with van der Waals surface area (Å²) in [6.45, 7) is 2.13. The zero-order valence-electron chi connectivity index (χ0n) is 15.6. The highest BCUT2D eigenvalue weighted by Gasteiger charge is 2.35. The molecule has 2 aromatic rings. The fourth-order valence-corrected chi connectivity index (χ4v) is 2.54. The molecule has 1 N–H and O–H groups in total. The number of halogens is 3. The zero-order chi connectivity index (χ0) is 21.4. The number of unbranched alkanes of at least 4 members (excludes halogenated alkanes) is 2. The van der Waals surface area contributed by atoms with Gasteiger partial charge in [-0.3, -0.25) is 15.1 Å². The Hall–Kier alpha value is -2.75. The van der Waals surface area contributed by atoms with E-state index in [-0.39, 0.29) is 23.6 Å². The predicted molar refractivity (Wildman–Crippen MR) is 105 cm³/mol. The first-order chi connectivity index (χ1) is 13.7. The summed E-state index contributed by atoms with van der Waals surface area (Å²) < 4.78 is 46.1. The summed E-state index contributed by atoms with van der Waals surface area (Å²) in [4.78, 5) is 28.0. The fraction of sp³-hybridized carbons (Fsp3) is 0.316. The van der Waals surface area contributed by atoms with E-state index >= 15 is 0 Å². The van der Waals surface area contributed by atoms with Crippen LogP contribution in [0.3, 0.4) is 0 Å². The number of pyridine rings is 1. The van der Waals surface area contributed by atoms with Crippen molar-refractivity contribution >= 4 is 30.4 Å². The number of aromatic nitrogens is 1. The minimum Gasteiger partial charge on any atom is -0.493 e. The van der Waals surface area contributed by atoms with Crippen LogP contribution in [0.25, 0.3) is 0 Å². The number of rotatable bonds is 7. The molecule has 0 radical (unpaired) electrons. The standard InChI is InChI=1S/C19H20F3N3O3S/c1-2-3-4-10-28-16-8-7-14(11-15(16)19(20,21)22)25(29)18(27)24-17(26)13-6-5-9-23-12-13/h5-9,11-12,29H,2-4,10H2,1H3,(H,24,26,27). The van der Waals surface area contributed by atoms with Crippen LogP contribution in [0.2, 0.25) is 0 Å². The van der Waals surface area contributed by atoms with E-state index in [1.54, 1.807) is 0 Å². The van der Waals surface area contributed by atoms with Crippen LogP contribution in [0.5, 0.6) is 5.75 Å². The second kappa shape index (κ2) is 10.1. The first-order valence-electron chi connectivity index (χ1n) is 8.82. The van der Waals surface area contributed by atoms with Gasteiger partial charge in [0.05, 0.1) is 23.4 Å². The van der Waals surface area contributed by atoms with Crippen LogP contribution in [-0.2, 0) is 6.18 Å². The Morgan fingerprint density at radius 2 is 2.00 bits per heavy atom. The van der Waals surface area contributed by atoms with Gasteiger partial charge in [-0.2, -0.15) is 13.2 Å². The number of anilines is 1. The highest BCUT2D eigenvalue weighted by atomic mass is 32.1. The van der Waals surface area contributed by atoms with E-state index in [4.69, 9.17) is 4.74 Å². The zero-order valence-corrected chi connectivity index (χ0v) is 16.5. The molecule has 0 fully saturated rings. The van der Waals surface area contributed by atoms with Crippen molar-refractivity contribution in [3.8, 4) is 5.75 Å². The maximum Gasteiger partial charge on any atom is 0.420 e. The molecular weight excluding hydrogens is 407 g/mol. The number of amides is 3. The molecule has 0 bridgehead atoms. The quantitative estimate of drug-likeness (QED) is 0.489. The number of alkyl halides is 3. The number of hydrogen-bond acceptors (Lipinski definition) is 5. The maximum atomic E-state index is 13.4. The minimum atomic E-state index is -4.69. The Morgan fingerprint density at radius 1 is 1.24 bits per heavy atom. The average molecular weight is 427 g/mol.